The Morgan fingerprint density at radius 1 is 1.40 bits per heavy atom. The highest BCUT2D eigenvalue weighted by molar-refractivity contribution is 5.69. The second-order valence-corrected chi connectivity index (χ2v) is 2.89. The smallest absolute Gasteiger partial charge is 0.466 e. The Hall–Kier alpha value is -1.26. The van der Waals surface area contributed by atoms with E-state index in [4.69, 9.17) is 9.47 Å². The van der Waals surface area contributed by atoms with Gasteiger partial charge in [0.25, 0.3) is 0 Å². The summed E-state index contributed by atoms with van der Waals surface area (Å²) in [6.45, 7) is 5.73. The predicted octanol–water partition coefficient (Wildman–Crippen LogP) is 1.71. The lowest BCUT2D eigenvalue weighted by atomic mass is 10.2. The molecule has 5 heteroatoms. The molecule has 0 bridgehead atoms. The van der Waals surface area contributed by atoms with Gasteiger partial charge in [0.05, 0.1) is 13.7 Å². The van der Waals surface area contributed by atoms with E-state index in [1.54, 1.807) is 6.92 Å². The minimum absolute atomic E-state index is 0.247. The van der Waals surface area contributed by atoms with Crippen molar-refractivity contribution < 1.29 is 23.8 Å². The van der Waals surface area contributed by atoms with Crippen LogP contribution in [0, 0.1) is 6.92 Å². The van der Waals surface area contributed by atoms with Crippen LogP contribution in [0.3, 0.4) is 0 Å². The van der Waals surface area contributed by atoms with E-state index in [9.17, 15) is 9.59 Å². The normalized spacial score (nSPS) is 11.7. The highest BCUT2D eigenvalue weighted by atomic mass is 16.7. The summed E-state index contributed by atoms with van der Waals surface area (Å²) in [4.78, 5) is 21.6. The van der Waals surface area contributed by atoms with Gasteiger partial charge in [-0.1, -0.05) is 0 Å². The van der Waals surface area contributed by atoms with Gasteiger partial charge in [-0.05, 0) is 26.7 Å². The molecular formula is C10H17O5. The Morgan fingerprint density at radius 2 is 2.07 bits per heavy atom. The molecule has 0 N–H and O–H groups in total. The fourth-order valence-electron chi connectivity index (χ4n) is 0.950. The van der Waals surface area contributed by atoms with Crippen molar-refractivity contribution in [2.45, 2.75) is 32.3 Å². The molecule has 0 aromatic rings. The standard InChI is InChI=1S/C10H17O5/c1-4-14-9(11)7-5-6-8(2)15-10(12)13-3/h8H,2,4-7H2,1,3H3. The second-order valence-electron chi connectivity index (χ2n) is 2.89. The van der Waals surface area contributed by atoms with Crippen molar-refractivity contribution in [2.24, 2.45) is 0 Å². The van der Waals surface area contributed by atoms with E-state index in [2.05, 4.69) is 11.7 Å². The van der Waals surface area contributed by atoms with Crippen LogP contribution in [0.5, 0.6) is 0 Å². The fourth-order valence-corrected chi connectivity index (χ4v) is 0.950. The van der Waals surface area contributed by atoms with Crippen molar-refractivity contribution in [1.82, 2.24) is 0 Å². The van der Waals surface area contributed by atoms with E-state index in [1.807, 2.05) is 0 Å². The van der Waals surface area contributed by atoms with Crippen LogP contribution in [0.25, 0.3) is 0 Å². The average molecular weight is 217 g/mol. The van der Waals surface area contributed by atoms with E-state index in [0.29, 0.717) is 25.9 Å². The van der Waals surface area contributed by atoms with E-state index < -0.39 is 12.3 Å². The molecule has 0 aliphatic rings. The molecule has 87 valence electrons. The zero-order valence-corrected chi connectivity index (χ0v) is 9.15. The van der Waals surface area contributed by atoms with Crippen molar-refractivity contribution in [3.63, 3.8) is 0 Å². The lowest BCUT2D eigenvalue weighted by molar-refractivity contribution is -0.143. The van der Waals surface area contributed by atoms with Crippen molar-refractivity contribution in [1.29, 1.82) is 0 Å². The van der Waals surface area contributed by atoms with Crippen molar-refractivity contribution >= 4 is 12.1 Å². The molecule has 15 heavy (non-hydrogen) atoms. The first-order valence-corrected chi connectivity index (χ1v) is 4.83. The Bertz CT molecular complexity index is 202. The Balaban J connectivity index is 3.50. The lowest BCUT2D eigenvalue weighted by Gasteiger charge is -2.11. The molecule has 0 spiro atoms. The largest absolute Gasteiger partial charge is 0.508 e. The molecule has 1 atom stereocenters. The number of ether oxygens (including phenoxy) is 3. The molecule has 0 aliphatic carbocycles. The molecule has 0 heterocycles. The number of carbonyl (C=O) groups excluding carboxylic acids is 2. The molecular weight excluding hydrogens is 200 g/mol. The van der Waals surface area contributed by atoms with E-state index >= 15 is 0 Å². The Morgan fingerprint density at radius 3 is 2.60 bits per heavy atom. The molecule has 0 aromatic heterocycles. The minimum atomic E-state index is -0.758. The summed E-state index contributed by atoms with van der Waals surface area (Å²) in [5.41, 5.74) is 0. The summed E-state index contributed by atoms with van der Waals surface area (Å²) >= 11 is 0. The van der Waals surface area contributed by atoms with Gasteiger partial charge in [0.2, 0.25) is 0 Å². The van der Waals surface area contributed by atoms with Gasteiger partial charge in [-0.25, -0.2) is 4.79 Å². The monoisotopic (exact) mass is 217 g/mol. The van der Waals surface area contributed by atoms with Crippen LogP contribution < -0.4 is 0 Å². The number of esters is 1. The molecule has 5 nitrogen and oxygen atoms in total. The predicted molar refractivity (Wildman–Crippen MR) is 53.1 cm³/mol. The van der Waals surface area contributed by atoms with Crippen LogP contribution >= 0.6 is 0 Å². The number of carbonyl (C=O) groups is 2. The maximum absolute atomic E-state index is 10.9. The molecule has 0 rings (SSSR count). The number of hydrogen-bond donors (Lipinski definition) is 0. The van der Waals surface area contributed by atoms with Gasteiger partial charge < -0.3 is 14.2 Å². The average Bonchev–Trinajstić information content (AvgIpc) is 2.18. The number of hydrogen-bond acceptors (Lipinski definition) is 5. The Labute approximate surface area is 89.7 Å². The molecule has 1 unspecified atom stereocenters. The lowest BCUT2D eigenvalue weighted by Crippen LogP contribution is -2.15. The van der Waals surface area contributed by atoms with Gasteiger partial charge in [-0.2, -0.15) is 0 Å². The van der Waals surface area contributed by atoms with Gasteiger partial charge in [0, 0.05) is 6.42 Å². The first-order valence-electron chi connectivity index (χ1n) is 4.83. The summed E-state index contributed by atoms with van der Waals surface area (Å²) in [7, 11) is 1.23. The minimum Gasteiger partial charge on any atom is -0.466 e. The molecule has 0 saturated carbocycles. The topological polar surface area (TPSA) is 61.8 Å². The quantitative estimate of drug-likeness (QED) is 0.634. The van der Waals surface area contributed by atoms with Crippen LogP contribution in [0.2, 0.25) is 0 Å². The highest BCUT2D eigenvalue weighted by Gasteiger charge is 2.10. The SMILES string of the molecule is [CH2]C(CCCC(=O)OCC)OC(=O)OC. The summed E-state index contributed by atoms with van der Waals surface area (Å²) < 4.78 is 13.7. The maximum atomic E-state index is 10.9. The summed E-state index contributed by atoms with van der Waals surface area (Å²) in [6, 6.07) is 0. The van der Waals surface area contributed by atoms with Crippen LogP contribution in [-0.4, -0.2) is 31.9 Å². The van der Waals surface area contributed by atoms with Gasteiger partial charge in [0.1, 0.15) is 6.10 Å². The third-order valence-electron chi connectivity index (χ3n) is 1.64. The van der Waals surface area contributed by atoms with Crippen molar-refractivity contribution in [3.05, 3.63) is 6.92 Å². The summed E-state index contributed by atoms with van der Waals surface area (Å²) in [6.07, 6.45) is 0.139. The summed E-state index contributed by atoms with van der Waals surface area (Å²) in [5.74, 6) is -0.247. The zero-order chi connectivity index (χ0) is 11.7. The van der Waals surface area contributed by atoms with E-state index in [-0.39, 0.29) is 5.97 Å². The van der Waals surface area contributed by atoms with E-state index in [0.717, 1.165) is 0 Å². The molecule has 0 fully saturated rings. The second kappa shape index (κ2) is 8.08. The first kappa shape index (κ1) is 13.7. The molecule has 1 radical (unpaired) electrons. The zero-order valence-electron chi connectivity index (χ0n) is 9.15. The molecule has 0 saturated heterocycles. The van der Waals surface area contributed by atoms with E-state index in [1.165, 1.54) is 7.11 Å². The van der Waals surface area contributed by atoms with Crippen LogP contribution in [0.4, 0.5) is 4.79 Å². The van der Waals surface area contributed by atoms with Crippen molar-refractivity contribution in [2.75, 3.05) is 13.7 Å². The highest BCUT2D eigenvalue weighted by Crippen LogP contribution is 2.05. The molecule has 0 amide bonds. The van der Waals surface area contributed by atoms with Gasteiger partial charge in [-0.15, -0.1) is 0 Å². The maximum Gasteiger partial charge on any atom is 0.508 e. The number of rotatable bonds is 6. The molecule has 0 aromatic carbocycles. The summed E-state index contributed by atoms with van der Waals surface area (Å²) in [5, 5.41) is 0. The number of methoxy groups -OCH3 is 1. The third kappa shape index (κ3) is 7.78. The first-order chi connectivity index (χ1) is 7.10. The molecule has 0 aliphatic heterocycles. The third-order valence-corrected chi connectivity index (χ3v) is 1.64. The van der Waals surface area contributed by atoms with Crippen LogP contribution in [0.15, 0.2) is 0 Å². The van der Waals surface area contributed by atoms with Crippen LogP contribution in [-0.2, 0) is 19.0 Å². The van der Waals surface area contributed by atoms with Crippen LogP contribution in [0.1, 0.15) is 26.2 Å². The fraction of sp³-hybridized carbons (Fsp3) is 0.700. The van der Waals surface area contributed by atoms with Gasteiger partial charge >= 0.3 is 12.1 Å². The Kier molecular flexibility index (Phi) is 7.40. The van der Waals surface area contributed by atoms with Crippen molar-refractivity contribution in [3.8, 4) is 0 Å². The van der Waals surface area contributed by atoms with Gasteiger partial charge in [0.15, 0.2) is 0 Å². The van der Waals surface area contributed by atoms with Gasteiger partial charge in [-0.3, -0.25) is 4.79 Å².